The first-order valence-corrected chi connectivity index (χ1v) is 7.87. The summed E-state index contributed by atoms with van der Waals surface area (Å²) in [5, 5.41) is 11.4. The minimum Gasteiger partial charge on any atom is -0.481 e. The van der Waals surface area contributed by atoms with Crippen molar-refractivity contribution in [2.24, 2.45) is 0 Å². The van der Waals surface area contributed by atoms with Gasteiger partial charge in [-0.2, -0.15) is 0 Å². The van der Waals surface area contributed by atoms with Gasteiger partial charge in [-0.3, -0.25) is 9.59 Å². The van der Waals surface area contributed by atoms with Gasteiger partial charge in [0, 0.05) is 24.3 Å². The number of thioether (sulfide) groups is 1. The van der Waals surface area contributed by atoms with Crippen molar-refractivity contribution in [3.8, 4) is 0 Å². The Balaban J connectivity index is 2.35. The van der Waals surface area contributed by atoms with Crippen LogP contribution in [-0.2, 0) is 16.1 Å². The van der Waals surface area contributed by atoms with Crippen molar-refractivity contribution < 1.29 is 14.7 Å². The lowest BCUT2D eigenvalue weighted by atomic mass is 10.1. The molecule has 0 bridgehead atoms. The Morgan fingerprint density at radius 2 is 1.95 bits per heavy atom. The standard InChI is InChI=1S/C15H21NO3S/c1-11-7-8-12(13(9-11)20-2)10-16-14(17)5-3-4-6-15(18)19/h7-9H,3-6,10H2,1-2H3,(H,16,17)(H,18,19). The third kappa shape index (κ3) is 6.10. The van der Waals surface area contributed by atoms with E-state index < -0.39 is 5.97 Å². The molecule has 0 fully saturated rings. The van der Waals surface area contributed by atoms with Crippen LogP contribution in [0.25, 0.3) is 0 Å². The summed E-state index contributed by atoms with van der Waals surface area (Å²) in [6.45, 7) is 2.57. The van der Waals surface area contributed by atoms with Gasteiger partial charge in [-0.25, -0.2) is 0 Å². The van der Waals surface area contributed by atoms with E-state index in [4.69, 9.17) is 5.11 Å². The van der Waals surface area contributed by atoms with Gasteiger partial charge in [-0.1, -0.05) is 12.1 Å². The smallest absolute Gasteiger partial charge is 0.303 e. The summed E-state index contributed by atoms with van der Waals surface area (Å²) < 4.78 is 0. The maximum Gasteiger partial charge on any atom is 0.303 e. The molecule has 1 aromatic rings. The molecule has 5 heteroatoms. The van der Waals surface area contributed by atoms with Crippen molar-refractivity contribution in [3.05, 3.63) is 29.3 Å². The number of carboxylic acid groups (broad SMARTS) is 1. The number of benzene rings is 1. The van der Waals surface area contributed by atoms with Gasteiger partial charge in [-0.15, -0.1) is 11.8 Å². The summed E-state index contributed by atoms with van der Waals surface area (Å²) in [5.41, 5.74) is 2.32. The molecule has 1 rings (SSSR count). The highest BCUT2D eigenvalue weighted by Crippen LogP contribution is 2.21. The first-order chi connectivity index (χ1) is 9.52. The Hall–Kier alpha value is -1.49. The normalized spacial score (nSPS) is 10.3. The minimum atomic E-state index is -0.810. The summed E-state index contributed by atoms with van der Waals surface area (Å²) >= 11 is 1.67. The fourth-order valence-corrected chi connectivity index (χ4v) is 2.55. The van der Waals surface area contributed by atoms with E-state index in [9.17, 15) is 9.59 Å². The van der Waals surface area contributed by atoms with Crippen LogP contribution in [0.2, 0.25) is 0 Å². The summed E-state index contributed by atoms with van der Waals surface area (Å²) in [7, 11) is 0. The summed E-state index contributed by atoms with van der Waals surface area (Å²) in [4.78, 5) is 23.2. The van der Waals surface area contributed by atoms with Gasteiger partial charge in [0.15, 0.2) is 0 Å². The number of carbonyl (C=O) groups excluding carboxylic acids is 1. The van der Waals surface area contributed by atoms with Gasteiger partial charge in [0.05, 0.1) is 0 Å². The van der Waals surface area contributed by atoms with E-state index in [-0.39, 0.29) is 12.3 Å². The predicted molar refractivity (Wildman–Crippen MR) is 80.9 cm³/mol. The molecule has 0 spiro atoms. The number of aryl methyl sites for hydroxylation is 1. The molecule has 4 nitrogen and oxygen atoms in total. The maximum absolute atomic E-state index is 11.7. The highest BCUT2D eigenvalue weighted by Gasteiger charge is 2.06. The van der Waals surface area contributed by atoms with Crippen LogP contribution in [0.4, 0.5) is 0 Å². The molecule has 1 aromatic carbocycles. The summed E-state index contributed by atoms with van der Waals surface area (Å²) in [6.07, 6.45) is 3.69. The van der Waals surface area contributed by atoms with Crippen molar-refractivity contribution in [1.29, 1.82) is 0 Å². The first-order valence-electron chi connectivity index (χ1n) is 6.65. The molecule has 1 amide bonds. The molecular weight excluding hydrogens is 274 g/mol. The molecule has 0 aliphatic rings. The van der Waals surface area contributed by atoms with Crippen LogP contribution in [0, 0.1) is 6.92 Å². The molecular formula is C15H21NO3S. The van der Waals surface area contributed by atoms with E-state index in [1.807, 2.05) is 25.3 Å². The average molecular weight is 295 g/mol. The van der Waals surface area contributed by atoms with Gasteiger partial charge in [0.1, 0.15) is 0 Å². The quantitative estimate of drug-likeness (QED) is 0.571. The van der Waals surface area contributed by atoms with Crippen molar-refractivity contribution in [2.45, 2.75) is 44.0 Å². The average Bonchev–Trinajstić information content (AvgIpc) is 2.41. The highest BCUT2D eigenvalue weighted by molar-refractivity contribution is 7.98. The number of rotatable bonds is 8. The van der Waals surface area contributed by atoms with Gasteiger partial charge in [-0.05, 0) is 43.2 Å². The Morgan fingerprint density at radius 3 is 2.60 bits per heavy atom. The van der Waals surface area contributed by atoms with Crippen LogP contribution in [0.15, 0.2) is 23.1 Å². The molecule has 0 aliphatic heterocycles. The lowest BCUT2D eigenvalue weighted by molar-refractivity contribution is -0.137. The molecule has 0 aromatic heterocycles. The topological polar surface area (TPSA) is 66.4 Å². The van der Waals surface area contributed by atoms with Crippen LogP contribution in [0.1, 0.15) is 36.8 Å². The first kappa shape index (κ1) is 16.6. The van der Waals surface area contributed by atoms with E-state index in [1.54, 1.807) is 11.8 Å². The summed E-state index contributed by atoms with van der Waals surface area (Å²) in [6, 6.07) is 6.18. The second kappa shape index (κ2) is 8.64. The Kier molecular flexibility index (Phi) is 7.15. The van der Waals surface area contributed by atoms with Crippen LogP contribution in [0.5, 0.6) is 0 Å². The molecule has 20 heavy (non-hydrogen) atoms. The molecule has 0 heterocycles. The largest absolute Gasteiger partial charge is 0.481 e. The molecule has 0 aliphatic carbocycles. The van der Waals surface area contributed by atoms with Crippen molar-refractivity contribution in [1.82, 2.24) is 5.32 Å². The van der Waals surface area contributed by atoms with E-state index >= 15 is 0 Å². The van der Waals surface area contributed by atoms with Gasteiger partial charge in [0.25, 0.3) is 0 Å². The SMILES string of the molecule is CSc1cc(C)ccc1CNC(=O)CCCCC(=O)O. The number of amides is 1. The zero-order chi connectivity index (χ0) is 15.0. The Morgan fingerprint density at radius 1 is 1.25 bits per heavy atom. The zero-order valence-electron chi connectivity index (χ0n) is 11.9. The van der Waals surface area contributed by atoms with E-state index in [2.05, 4.69) is 11.4 Å². The third-order valence-electron chi connectivity index (χ3n) is 2.96. The van der Waals surface area contributed by atoms with E-state index in [0.717, 1.165) is 5.56 Å². The Bertz CT molecular complexity index is 474. The Labute approximate surface area is 124 Å². The molecule has 0 atom stereocenters. The van der Waals surface area contributed by atoms with Crippen molar-refractivity contribution in [2.75, 3.05) is 6.26 Å². The maximum atomic E-state index is 11.7. The third-order valence-corrected chi connectivity index (χ3v) is 3.78. The van der Waals surface area contributed by atoms with Crippen LogP contribution >= 0.6 is 11.8 Å². The monoisotopic (exact) mass is 295 g/mol. The van der Waals surface area contributed by atoms with Crippen LogP contribution < -0.4 is 5.32 Å². The van der Waals surface area contributed by atoms with Crippen LogP contribution in [-0.4, -0.2) is 23.2 Å². The summed E-state index contributed by atoms with van der Waals surface area (Å²) in [5.74, 6) is -0.835. The predicted octanol–water partition coefficient (Wildman–Crippen LogP) is 2.98. The lowest BCUT2D eigenvalue weighted by Gasteiger charge is -2.10. The molecule has 0 saturated carbocycles. The van der Waals surface area contributed by atoms with Crippen molar-refractivity contribution in [3.63, 3.8) is 0 Å². The number of unbranched alkanes of at least 4 members (excludes halogenated alkanes) is 1. The molecule has 0 radical (unpaired) electrons. The second-order valence-electron chi connectivity index (χ2n) is 4.69. The van der Waals surface area contributed by atoms with E-state index in [0.29, 0.717) is 25.8 Å². The molecule has 0 unspecified atom stereocenters. The fourth-order valence-electron chi connectivity index (χ4n) is 1.84. The molecule has 2 N–H and O–H groups in total. The van der Waals surface area contributed by atoms with Crippen LogP contribution in [0.3, 0.4) is 0 Å². The van der Waals surface area contributed by atoms with Gasteiger partial charge in [0.2, 0.25) is 5.91 Å². The zero-order valence-corrected chi connectivity index (χ0v) is 12.8. The highest BCUT2D eigenvalue weighted by atomic mass is 32.2. The second-order valence-corrected chi connectivity index (χ2v) is 5.54. The molecule has 110 valence electrons. The van der Waals surface area contributed by atoms with E-state index in [1.165, 1.54) is 10.5 Å². The van der Waals surface area contributed by atoms with Gasteiger partial charge < -0.3 is 10.4 Å². The van der Waals surface area contributed by atoms with Crippen molar-refractivity contribution >= 4 is 23.6 Å². The number of aliphatic carboxylic acids is 1. The van der Waals surface area contributed by atoms with Gasteiger partial charge >= 0.3 is 5.97 Å². The lowest BCUT2D eigenvalue weighted by Crippen LogP contribution is -2.22. The number of carbonyl (C=O) groups is 2. The number of nitrogens with one attached hydrogen (secondary N) is 1. The molecule has 0 saturated heterocycles. The minimum absolute atomic E-state index is 0.0250. The number of hydrogen-bond donors (Lipinski definition) is 2. The number of carboxylic acids is 1. The fraction of sp³-hybridized carbons (Fsp3) is 0.467. The number of hydrogen-bond acceptors (Lipinski definition) is 3.